The van der Waals surface area contributed by atoms with Crippen molar-refractivity contribution in [3.05, 3.63) is 41.6 Å². The fourth-order valence-electron chi connectivity index (χ4n) is 2.99. The van der Waals surface area contributed by atoms with Crippen LogP contribution in [-0.4, -0.2) is 35.6 Å². The van der Waals surface area contributed by atoms with Crippen molar-refractivity contribution in [1.82, 2.24) is 9.97 Å². The summed E-state index contributed by atoms with van der Waals surface area (Å²) in [7, 11) is 0. The highest BCUT2D eigenvalue weighted by Crippen LogP contribution is 2.19. The zero-order chi connectivity index (χ0) is 18.4. The van der Waals surface area contributed by atoms with Gasteiger partial charge >= 0.3 is 0 Å². The summed E-state index contributed by atoms with van der Waals surface area (Å²) in [5.74, 6) is 0.926. The van der Waals surface area contributed by atoms with Crippen LogP contribution in [0.4, 0.5) is 11.6 Å². The van der Waals surface area contributed by atoms with Gasteiger partial charge in [0, 0.05) is 30.5 Å². The molecule has 1 aromatic heterocycles. The highest BCUT2D eigenvalue weighted by molar-refractivity contribution is 5.91. The van der Waals surface area contributed by atoms with E-state index in [2.05, 4.69) is 27.1 Å². The minimum absolute atomic E-state index is 0.0780. The first-order valence-corrected chi connectivity index (χ1v) is 9.26. The van der Waals surface area contributed by atoms with Gasteiger partial charge in [-0.25, -0.2) is 4.98 Å². The molecular weight excluding hydrogens is 328 g/mol. The van der Waals surface area contributed by atoms with Gasteiger partial charge in [0.05, 0.1) is 0 Å². The molecule has 0 aliphatic carbocycles. The quantitative estimate of drug-likeness (QED) is 0.862. The lowest BCUT2D eigenvalue weighted by Gasteiger charge is -2.26. The third-order valence-corrected chi connectivity index (χ3v) is 4.45. The topological polar surface area (TPSA) is 67.3 Å². The molecule has 1 aliphatic rings. The Morgan fingerprint density at radius 2 is 1.88 bits per heavy atom. The number of hydrogen-bond donors (Lipinski definition) is 1. The third kappa shape index (κ3) is 4.94. The molecule has 0 unspecified atom stereocenters. The Bertz CT molecular complexity index is 740. The molecule has 1 N–H and O–H groups in total. The molecule has 3 rings (SSSR count). The predicted molar refractivity (Wildman–Crippen MR) is 103 cm³/mol. The number of aryl methyl sites for hydroxylation is 2. The van der Waals surface area contributed by atoms with E-state index in [1.54, 1.807) is 6.07 Å². The van der Waals surface area contributed by atoms with Crippen LogP contribution in [0.25, 0.3) is 0 Å². The molecule has 1 aromatic carbocycles. The molecule has 0 radical (unpaired) electrons. The highest BCUT2D eigenvalue weighted by Gasteiger charge is 2.15. The molecular formula is C20H26N4O2. The van der Waals surface area contributed by atoms with Gasteiger partial charge in [0.25, 0.3) is 5.91 Å². The number of nitrogens with zero attached hydrogens (tertiary/aromatic N) is 3. The molecule has 6 heteroatoms. The zero-order valence-corrected chi connectivity index (χ0v) is 15.5. The van der Waals surface area contributed by atoms with E-state index < -0.39 is 0 Å². The summed E-state index contributed by atoms with van der Waals surface area (Å²) in [5.41, 5.74) is 2.84. The molecule has 2 heterocycles. The van der Waals surface area contributed by atoms with E-state index in [0.717, 1.165) is 43.7 Å². The second-order valence-corrected chi connectivity index (χ2v) is 6.58. The number of nitrogens with one attached hydrogen (secondary N) is 1. The fourth-order valence-corrected chi connectivity index (χ4v) is 2.99. The van der Waals surface area contributed by atoms with Crippen LogP contribution in [0.2, 0.25) is 0 Å². The molecule has 138 valence electrons. The molecule has 26 heavy (non-hydrogen) atoms. The molecule has 2 aromatic rings. The number of aromatic nitrogens is 2. The second-order valence-electron chi connectivity index (χ2n) is 6.58. The summed E-state index contributed by atoms with van der Waals surface area (Å²) in [6.45, 7) is 5.88. The van der Waals surface area contributed by atoms with E-state index in [9.17, 15) is 4.79 Å². The van der Waals surface area contributed by atoms with E-state index in [1.165, 1.54) is 12.0 Å². The van der Waals surface area contributed by atoms with E-state index in [0.29, 0.717) is 11.8 Å². The van der Waals surface area contributed by atoms with Gasteiger partial charge in [0.15, 0.2) is 6.61 Å². The van der Waals surface area contributed by atoms with Crippen molar-refractivity contribution in [1.29, 1.82) is 0 Å². The van der Waals surface area contributed by atoms with Crippen molar-refractivity contribution in [3.63, 3.8) is 0 Å². The molecule has 1 amide bonds. The van der Waals surface area contributed by atoms with Gasteiger partial charge in [0.1, 0.15) is 0 Å². The Labute approximate surface area is 154 Å². The van der Waals surface area contributed by atoms with Gasteiger partial charge in [-0.1, -0.05) is 19.1 Å². The zero-order valence-electron chi connectivity index (χ0n) is 15.5. The number of piperidine rings is 1. The summed E-state index contributed by atoms with van der Waals surface area (Å²) in [5, 5.41) is 2.84. The van der Waals surface area contributed by atoms with Crippen LogP contribution in [0.3, 0.4) is 0 Å². The summed E-state index contributed by atoms with van der Waals surface area (Å²) in [4.78, 5) is 23.3. The monoisotopic (exact) mass is 354 g/mol. The number of benzene rings is 1. The van der Waals surface area contributed by atoms with Crippen molar-refractivity contribution >= 4 is 17.5 Å². The number of ether oxygens (including phenoxy) is 1. The van der Waals surface area contributed by atoms with Gasteiger partial charge < -0.3 is 15.0 Å². The number of amides is 1. The molecule has 6 nitrogen and oxygen atoms in total. The average Bonchev–Trinajstić information content (AvgIpc) is 2.67. The van der Waals surface area contributed by atoms with Crippen LogP contribution >= 0.6 is 0 Å². The first-order chi connectivity index (χ1) is 12.6. The van der Waals surface area contributed by atoms with Crippen LogP contribution < -0.4 is 15.0 Å². The van der Waals surface area contributed by atoms with Crippen LogP contribution in [0.15, 0.2) is 30.3 Å². The summed E-state index contributed by atoms with van der Waals surface area (Å²) >= 11 is 0. The first kappa shape index (κ1) is 18.2. The number of rotatable bonds is 6. The number of carbonyl (C=O) groups is 1. The molecule has 1 saturated heterocycles. The fraction of sp³-hybridized carbons (Fsp3) is 0.450. The van der Waals surface area contributed by atoms with E-state index >= 15 is 0 Å². The molecule has 0 atom stereocenters. The van der Waals surface area contributed by atoms with Gasteiger partial charge in [-0.15, -0.1) is 0 Å². The number of anilines is 2. The molecule has 0 spiro atoms. The van der Waals surface area contributed by atoms with E-state index in [4.69, 9.17) is 4.74 Å². The van der Waals surface area contributed by atoms with Crippen molar-refractivity contribution < 1.29 is 9.53 Å². The predicted octanol–water partition coefficient (Wildman–Crippen LogP) is 3.36. The largest absolute Gasteiger partial charge is 0.467 e. The van der Waals surface area contributed by atoms with Crippen LogP contribution in [0.5, 0.6) is 5.88 Å². The van der Waals surface area contributed by atoms with Crippen LogP contribution in [0, 0.1) is 6.92 Å². The summed E-state index contributed by atoms with van der Waals surface area (Å²) < 4.78 is 5.61. The Morgan fingerprint density at radius 3 is 2.58 bits per heavy atom. The van der Waals surface area contributed by atoms with Crippen molar-refractivity contribution in [2.75, 3.05) is 29.9 Å². The second kappa shape index (κ2) is 8.65. The maximum atomic E-state index is 12.1. The molecule has 1 fully saturated rings. The van der Waals surface area contributed by atoms with Crippen LogP contribution in [0.1, 0.15) is 37.4 Å². The van der Waals surface area contributed by atoms with E-state index in [1.807, 2.05) is 31.2 Å². The van der Waals surface area contributed by atoms with Gasteiger partial charge in [-0.3, -0.25) is 4.79 Å². The maximum Gasteiger partial charge on any atom is 0.262 e. The summed E-state index contributed by atoms with van der Waals surface area (Å²) in [6, 6.07) is 9.58. The summed E-state index contributed by atoms with van der Waals surface area (Å²) in [6.07, 6.45) is 4.55. The Morgan fingerprint density at radius 1 is 1.15 bits per heavy atom. The Hall–Kier alpha value is -2.63. The Kier molecular flexibility index (Phi) is 6.04. The maximum absolute atomic E-state index is 12.1. The SMILES string of the molecule is CCc1ccc(NC(=O)COc2cc(C)nc(N3CCCCC3)n2)cc1. The minimum atomic E-state index is -0.204. The lowest BCUT2D eigenvalue weighted by atomic mass is 10.1. The van der Waals surface area contributed by atoms with Gasteiger partial charge in [0.2, 0.25) is 11.8 Å². The van der Waals surface area contributed by atoms with Crippen molar-refractivity contribution in [2.24, 2.45) is 0 Å². The molecule has 0 saturated carbocycles. The number of carbonyl (C=O) groups excluding carboxylic acids is 1. The van der Waals surface area contributed by atoms with Crippen molar-refractivity contribution in [3.8, 4) is 5.88 Å². The number of hydrogen-bond acceptors (Lipinski definition) is 5. The van der Waals surface area contributed by atoms with Crippen molar-refractivity contribution in [2.45, 2.75) is 39.5 Å². The smallest absolute Gasteiger partial charge is 0.262 e. The lowest BCUT2D eigenvalue weighted by Crippen LogP contribution is -2.31. The van der Waals surface area contributed by atoms with E-state index in [-0.39, 0.29) is 12.5 Å². The van der Waals surface area contributed by atoms with Crippen LogP contribution in [-0.2, 0) is 11.2 Å². The normalized spacial score (nSPS) is 14.2. The Balaban J connectivity index is 1.57. The molecule has 1 aliphatic heterocycles. The average molecular weight is 354 g/mol. The molecule has 0 bridgehead atoms. The van der Waals surface area contributed by atoms with Gasteiger partial charge in [-0.2, -0.15) is 4.98 Å². The first-order valence-electron chi connectivity index (χ1n) is 9.26. The lowest BCUT2D eigenvalue weighted by molar-refractivity contribution is -0.118. The standard InChI is InChI=1S/C20H26N4O2/c1-3-16-7-9-17(10-8-16)22-18(25)14-26-19-13-15(2)21-20(23-19)24-11-5-4-6-12-24/h7-10,13H,3-6,11-12,14H2,1-2H3,(H,22,25). The third-order valence-electron chi connectivity index (χ3n) is 4.45. The minimum Gasteiger partial charge on any atom is -0.467 e. The van der Waals surface area contributed by atoms with Gasteiger partial charge in [-0.05, 0) is 50.3 Å². The highest BCUT2D eigenvalue weighted by atomic mass is 16.5.